The zero-order valence-corrected chi connectivity index (χ0v) is 18.0. The van der Waals surface area contributed by atoms with Crippen molar-refractivity contribution in [3.8, 4) is 0 Å². The number of halogens is 1. The van der Waals surface area contributed by atoms with Crippen LogP contribution in [0.4, 0.5) is 5.69 Å². The molecular weight excluding hydrogens is 416 g/mol. The number of amides is 1. The molecular formula is C22H27BrN4O. The predicted octanol–water partition coefficient (Wildman–Crippen LogP) is 3.18. The fourth-order valence-corrected chi connectivity index (χ4v) is 4.62. The summed E-state index contributed by atoms with van der Waals surface area (Å²) in [7, 11) is 0. The molecule has 2 atom stereocenters. The number of carbonyl (C=O) groups is 1. The van der Waals surface area contributed by atoms with Crippen molar-refractivity contribution < 1.29 is 4.79 Å². The fraction of sp³-hybridized carbons (Fsp3) is 0.409. The average Bonchev–Trinajstić information content (AvgIpc) is 3.19. The van der Waals surface area contributed by atoms with Crippen LogP contribution in [-0.4, -0.2) is 43.5 Å². The van der Waals surface area contributed by atoms with Crippen molar-refractivity contribution in [2.75, 3.05) is 37.6 Å². The van der Waals surface area contributed by atoms with Gasteiger partial charge in [-0.15, -0.1) is 0 Å². The number of aryl methyl sites for hydroxylation is 2. The Morgan fingerprint density at radius 2 is 1.86 bits per heavy atom. The summed E-state index contributed by atoms with van der Waals surface area (Å²) in [5, 5.41) is 0. The van der Waals surface area contributed by atoms with E-state index >= 15 is 0 Å². The molecule has 2 aliphatic heterocycles. The van der Waals surface area contributed by atoms with Gasteiger partial charge in [-0.25, -0.2) is 5.43 Å². The molecule has 2 fully saturated rings. The summed E-state index contributed by atoms with van der Waals surface area (Å²) < 4.78 is 1.03. The normalized spacial score (nSPS) is 22.5. The van der Waals surface area contributed by atoms with Gasteiger partial charge in [0.15, 0.2) is 0 Å². The molecule has 0 aliphatic carbocycles. The van der Waals surface area contributed by atoms with Crippen LogP contribution in [0.3, 0.4) is 0 Å². The van der Waals surface area contributed by atoms with Crippen LogP contribution in [0.1, 0.15) is 22.7 Å². The first-order chi connectivity index (χ1) is 13.5. The fourth-order valence-electron chi connectivity index (χ4n) is 4.21. The highest BCUT2D eigenvalue weighted by Crippen LogP contribution is 2.29. The van der Waals surface area contributed by atoms with Gasteiger partial charge in [-0.05, 0) is 48.7 Å². The minimum Gasteiger partial charge on any atom is -0.368 e. The number of anilines is 1. The molecule has 148 valence electrons. The van der Waals surface area contributed by atoms with Gasteiger partial charge in [0.2, 0.25) is 5.91 Å². The summed E-state index contributed by atoms with van der Waals surface area (Å²) >= 11 is 3.53. The summed E-state index contributed by atoms with van der Waals surface area (Å²) in [5.41, 5.74) is 11.5. The highest BCUT2D eigenvalue weighted by molar-refractivity contribution is 9.10. The van der Waals surface area contributed by atoms with Crippen LogP contribution < -0.4 is 15.8 Å². The topological polar surface area (TPSA) is 47.6 Å². The van der Waals surface area contributed by atoms with E-state index in [1.807, 2.05) is 17.0 Å². The number of rotatable bonds is 3. The Bertz CT molecular complexity index is 863. The van der Waals surface area contributed by atoms with E-state index in [2.05, 4.69) is 75.9 Å². The second kappa shape index (κ2) is 8.23. The smallest absolute Gasteiger partial charge is 0.229 e. The van der Waals surface area contributed by atoms with E-state index in [1.165, 1.54) is 16.8 Å². The van der Waals surface area contributed by atoms with Gasteiger partial charge in [-0.2, -0.15) is 0 Å². The molecule has 0 spiro atoms. The second-order valence-electron chi connectivity index (χ2n) is 7.77. The lowest BCUT2D eigenvalue weighted by molar-refractivity contribution is -0.135. The molecule has 0 radical (unpaired) electrons. The van der Waals surface area contributed by atoms with E-state index in [1.54, 1.807) is 0 Å². The van der Waals surface area contributed by atoms with Crippen LogP contribution in [0.2, 0.25) is 0 Å². The van der Waals surface area contributed by atoms with Gasteiger partial charge >= 0.3 is 0 Å². The van der Waals surface area contributed by atoms with Gasteiger partial charge in [0.1, 0.15) is 0 Å². The maximum absolute atomic E-state index is 13.2. The molecule has 6 heteroatoms. The van der Waals surface area contributed by atoms with Crippen LogP contribution in [0.5, 0.6) is 0 Å². The van der Waals surface area contributed by atoms with Crippen LogP contribution in [0, 0.1) is 19.8 Å². The number of hydrogen-bond donors (Lipinski definition) is 2. The number of hydrazine groups is 1. The lowest BCUT2D eigenvalue weighted by Gasteiger charge is -2.38. The summed E-state index contributed by atoms with van der Waals surface area (Å²) in [5.74, 6) is 0.157. The Kier molecular flexibility index (Phi) is 5.71. The number of carbonyl (C=O) groups excluding carboxylic acids is 1. The van der Waals surface area contributed by atoms with Crippen LogP contribution in [0.15, 0.2) is 46.9 Å². The van der Waals surface area contributed by atoms with E-state index in [0.717, 1.165) is 36.2 Å². The Hall–Kier alpha value is -1.89. The van der Waals surface area contributed by atoms with Crippen molar-refractivity contribution in [2.45, 2.75) is 19.9 Å². The lowest BCUT2D eigenvalue weighted by atomic mass is 9.93. The minimum absolute atomic E-state index is 0.00190. The minimum atomic E-state index is -0.0819. The number of benzene rings is 2. The SMILES string of the molecule is Cc1ccc(C)c(N2CCN(C(=O)C3CNNC3c3cccc(Br)c3)CC2)c1. The van der Waals surface area contributed by atoms with Crippen molar-refractivity contribution in [1.82, 2.24) is 15.8 Å². The molecule has 0 bridgehead atoms. The Balaban J connectivity index is 1.43. The van der Waals surface area contributed by atoms with Crippen molar-refractivity contribution in [3.63, 3.8) is 0 Å². The number of nitrogens with zero attached hydrogens (tertiary/aromatic N) is 2. The number of nitrogens with one attached hydrogen (secondary N) is 2. The predicted molar refractivity (Wildman–Crippen MR) is 116 cm³/mol. The molecule has 0 saturated carbocycles. The summed E-state index contributed by atoms with van der Waals surface area (Å²) in [6, 6.07) is 14.8. The second-order valence-corrected chi connectivity index (χ2v) is 8.68. The van der Waals surface area contributed by atoms with Crippen LogP contribution in [-0.2, 0) is 4.79 Å². The largest absolute Gasteiger partial charge is 0.368 e. The third kappa shape index (κ3) is 3.95. The quantitative estimate of drug-likeness (QED) is 0.765. The first-order valence-electron chi connectivity index (χ1n) is 9.88. The summed E-state index contributed by atoms with van der Waals surface area (Å²) in [6.07, 6.45) is 0. The van der Waals surface area contributed by atoms with E-state index in [4.69, 9.17) is 0 Å². The van der Waals surface area contributed by atoms with E-state index < -0.39 is 0 Å². The number of piperazine rings is 1. The monoisotopic (exact) mass is 442 g/mol. The molecule has 2 unspecified atom stereocenters. The van der Waals surface area contributed by atoms with Crippen molar-refractivity contribution in [1.29, 1.82) is 0 Å². The molecule has 2 aliphatic rings. The lowest BCUT2D eigenvalue weighted by Crippen LogP contribution is -2.51. The van der Waals surface area contributed by atoms with Gasteiger partial charge in [-0.1, -0.05) is 40.2 Å². The summed E-state index contributed by atoms with van der Waals surface area (Å²) in [6.45, 7) is 8.25. The van der Waals surface area contributed by atoms with Gasteiger partial charge in [0.05, 0.1) is 12.0 Å². The van der Waals surface area contributed by atoms with Gasteiger partial charge in [0.25, 0.3) is 0 Å². The molecule has 4 rings (SSSR count). The average molecular weight is 443 g/mol. The molecule has 5 nitrogen and oxygen atoms in total. The first kappa shape index (κ1) is 19.4. The van der Waals surface area contributed by atoms with E-state index in [-0.39, 0.29) is 17.9 Å². The standard InChI is InChI=1S/C22H27BrN4O/c1-15-6-7-16(2)20(12-15)26-8-10-27(11-9-26)22(28)19-14-24-25-21(19)17-4-3-5-18(23)13-17/h3-7,12-13,19,21,24-25H,8-11,14H2,1-2H3. The molecule has 2 heterocycles. The molecule has 2 N–H and O–H groups in total. The Morgan fingerprint density at radius 3 is 2.61 bits per heavy atom. The van der Waals surface area contributed by atoms with Crippen molar-refractivity contribution in [3.05, 3.63) is 63.6 Å². The molecule has 2 aromatic carbocycles. The van der Waals surface area contributed by atoms with E-state index in [9.17, 15) is 4.79 Å². The molecule has 0 aromatic heterocycles. The van der Waals surface area contributed by atoms with Crippen LogP contribution in [0.25, 0.3) is 0 Å². The maximum atomic E-state index is 13.2. The molecule has 2 saturated heterocycles. The zero-order valence-electron chi connectivity index (χ0n) is 16.4. The van der Waals surface area contributed by atoms with Crippen LogP contribution >= 0.6 is 15.9 Å². The molecule has 2 aromatic rings. The Labute approximate surface area is 175 Å². The zero-order chi connectivity index (χ0) is 19.7. The first-order valence-corrected chi connectivity index (χ1v) is 10.7. The van der Waals surface area contributed by atoms with Crippen molar-refractivity contribution in [2.24, 2.45) is 5.92 Å². The van der Waals surface area contributed by atoms with E-state index in [0.29, 0.717) is 6.54 Å². The van der Waals surface area contributed by atoms with Gasteiger partial charge < -0.3 is 9.80 Å². The van der Waals surface area contributed by atoms with Gasteiger partial charge in [0, 0.05) is 42.9 Å². The molecule has 1 amide bonds. The third-order valence-electron chi connectivity index (χ3n) is 5.80. The summed E-state index contributed by atoms with van der Waals surface area (Å²) in [4.78, 5) is 17.7. The van der Waals surface area contributed by atoms with Crippen molar-refractivity contribution >= 4 is 27.5 Å². The highest BCUT2D eigenvalue weighted by Gasteiger charge is 2.37. The maximum Gasteiger partial charge on any atom is 0.229 e. The highest BCUT2D eigenvalue weighted by atomic mass is 79.9. The third-order valence-corrected chi connectivity index (χ3v) is 6.30. The molecule has 28 heavy (non-hydrogen) atoms. The Morgan fingerprint density at radius 1 is 1.07 bits per heavy atom. The van der Waals surface area contributed by atoms with Gasteiger partial charge in [-0.3, -0.25) is 10.2 Å². The number of hydrogen-bond acceptors (Lipinski definition) is 4.